The van der Waals surface area contributed by atoms with Crippen LogP contribution in [0.4, 0.5) is 0 Å². The van der Waals surface area contributed by atoms with Crippen LogP contribution in [0.2, 0.25) is 0 Å². The van der Waals surface area contributed by atoms with E-state index in [2.05, 4.69) is 0 Å². The normalized spacial score (nSPS) is 46.5. The van der Waals surface area contributed by atoms with Gasteiger partial charge in [-0.3, -0.25) is 9.59 Å². The average molecular weight is 698 g/mol. The first-order chi connectivity index (χ1) is 15.3. The maximum Gasteiger partial charge on any atom is 0.303 e. The molecule has 0 spiro atoms. The van der Waals surface area contributed by atoms with E-state index in [-0.39, 0.29) is 80.4 Å². The van der Waals surface area contributed by atoms with Crippen molar-refractivity contribution in [2.75, 3.05) is 12.8 Å². The Balaban J connectivity index is 0.00000324. The number of ether oxygens (including phenoxy) is 2. The number of esters is 1. The van der Waals surface area contributed by atoms with Crippen LogP contribution < -0.4 is 0 Å². The fraction of sp³-hybridized carbons (Fsp3) is 0.833. The van der Waals surface area contributed by atoms with Crippen molar-refractivity contribution < 1.29 is 78.9 Å². The van der Waals surface area contributed by atoms with Gasteiger partial charge in [0.15, 0.2) is 5.78 Å². The molecule has 1 aliphatic heterocycles. The number of Topliss-reactive ketones (excluding diaryl/α,β-unsaturated/α-hetero) is 1. The molecule has 33 heavy (non-hydrogen) atoms. The zero-order valence-corrected chi connectivity index (χ0v) is 25.9. The number of fused-ring (bicyclic) bond motifs is 5. The van der Waals surface area contributed by atoms with Gasteiger partial charge in [0.05, 0.1) is 18.8 Å². The van der Waals surface area contributed by atoms with Crippen LogP contribution in [-0.4, -0.2) is 64.8 Å². The van der Waals surface area contributed by atoms with Crippen LogP contribution in [0.15, 0.2) is 11.1 Å². The number of carbonyl (C=O) groups is 2. The van der Waals surface area contributed by atoms with Crippen LogP contribution in [0.3, 0.4) is 0 Å². The molecule has 2 bridgehead atoms. The summed E-state index contributed by atoms with van der Waals surface area (Å²) in [5.74, 6) is -1.55. The number of hydrogen-bond donors (Lipinski definition) is 2. The molecule has 1 radical (unpaired) electrons. The Labute approximate surface area is 237 Å². The summed E-state index contributed by atoms with van der Waals surface area (Å²) >= 11 is 0.947. The van der Waals surface area contributed by atoms with Crippen LogP contribution in [0.25, 0.3) is 0 Å². The van der Waals surface area contributed by atoms with Crippen molar-refractivity contribution >= 4 is 23.8 Å². The number of carbonyl (C=O) groups excluding carboxylic acids is 2. The van der Waals surface area contributed by atoms with Gasteiger partial charge in [0.2, 0.25) is 0 Å². The van der Waals surface area contributed by atoms with Crippen LogP contribution in [0, 0.1) is 72.6 Å². The summed E-state index contributed by atoms with van der Waals surface area (Å²) in [6, 6.07) is 0. The molecular formula is C24H36AcO7S. The van der Waals surface area contributed by atoms with Crippen molar-refractivity contribution in [2.24, 2.45) is 28.6 Å². The van der Waals surface area contributed by atoms with Crippen molar-refractivity contribution in [3.8, 4) is 0 Å². The molecule has 183 valence electrons. The summed E-state index contributed by atoms with van der Waals surface area (Å²) in [5.41, 5.74) is -2.58. The van der Waals surface area contributed by atoms with Gasteiger partial charge in [-0.2, -0.15) is 0 Å². The third-order valence-corrected chi connectivity index (χ3v) is 9.60. The van der Waals surface area contributed by atoms with E-state index in [1.54, 1.807) is 13.8 Å². The molecular weight excluding hydrogens is 659 g/mol. The zero-order chi connectivity index (χ0) is 24.5. The van der Waals surface area contributed by atoms with Gasteiger partial charge in [0.25, 0.3) is 0 Å². The maximum atomic E-state index is 14.1. The first-order valence-electron chi connectivity index (χ1n) is 12.0. The first-order valence-corrected chi connectivity index (χ1v) is 12.3. The number of ketones is 1. The molecule has 1 heterocycles. The van der Waals surface area contributed by atoms with E-state index >= 15 is 0 Å². The van der Waals surface area contributed by atoms with Crippen molar-refractivity contribution in [3.05, 3.63) is 11.1 Å². The van der Waals surface area contributed by atoms with Crippen LogP contribution in [-0.2, 0) is 23.2 Å². The molecule has 0 amide bonds. The second-order valence-electron chi connectivity index (χ2n) is 10.8. The quantitative estimate of drug-likeness (QED) is 0.264. The van der Waals surface area contributed by atoms with Crippen molar-refractivity contribution in [1.29, 1.82) is 0 Å². The van der Waals surface area contributed by atoms with Crippen LogP contribution in [0.5, 0.6) is 0 Å². The summed E-state index contributed by atoms with van der Waals surface area (Å²) in [6.07, 6.45) is -2.33. The summed E-state index contributed by atoms with van der Waals surface area (Å²) in [7, 11) is 0. The van der Waals surface area contributed by atoms with Crippen molar-refractivity contribution in [2.45, 2.75) is 84.4 Å². The molecule has 4 aliphatic rings. The fourth-order valence-electron chi connectivity index (χ4n) is 7.11. The Morgan fingerprint density at radius 2 is 2.00 bits per heavy atom. The Morgan fingerprint density at radius 3 is 2.55 bits per heavy atom. The summed E-state index contributed by atoms with van der Waals surface area (Å²) < 4.78 is 25.1. The smallest absolute Gasteiger partial charge is 0.303 e. The molecule has 0 unspecified atom stereocenters. The van der Waals surface area contributed by atoms with E-state index in [1.807, 2.05) is 20.8 Å². The van der Waals surface area contributed by atoms with Gasteiger partial charge in [0, 0.05) is 87.7 Å². The zero-order valence-electron chi connectivity index (χ0n) is 21.3. The number of hydrogen-bond acceptors (Lipinski definition) is 8. The Hall–Kier alpha value is 0.512. The SMILES string of the molecule is [3H]CSO[C@H]1C[C@@]2(O)[C@@H](OC(C)=O)[C@@H]3[C@@H]4CO[C@@H]4C[C@H](C)[C@@]3(C)C(=O)[C@H](O)C(=C1C)C2(C)C.[Ac]. The van der Waals surface area contributed by atoms with Gasteiger partial charge in [-0.05, 0) is 42.5 Å². The number of aliphatic hydroxyl groups excluding tert-OH is 1. The predicted molar refractivity (Wildman–Crippen MR) is 120 cm³/mol. The molecule has 1 saturated heterocycles. The van der Waals surface area contributed by atoms with E-state index in [0.29, 0.717) is 24.2 Å². The molecule has 2 saturated carbocycles. The van der Waals surface area contributed by atoms with Gasteiger partial charge in [-0.25, -0.2) is 0 Å². The monoisotopic (exact) mass is 697 g/mol. The Morgan fingerprint density at radius 1 is 1.33 bits per heavy atom. The van der Waals surface area contributed by atoms with Gasteiger partial charge in [0.1, 0.15) is 17.8 Å². The minimum atomic E-state index is -1.61. The van der Waals surface area contributed by atoms with Gasteiger partial charge >= 0.3 is 5.97 Å². The molecule has 9 heteroatoms. The van der Waals surface area contributed by atoms with Crippen molar-refractivity contribution in [1.82, 2.24) is 0 Å². The molecule has 9 atom stereocenters. The summed E-state index contributed by atoms with van der Waals surface area (Å²) in [6.45, 7) is 11.0. The minimum absolute atomic E-state index is 0. The molecule has 4 rings (SSSR count). The fourth-order valence-corrected chi connectivity index (χ4v) is 7.49. The second-order valence-corrected chi connectivity index (χ2v) is 11.3. The Kier molecular flexibility index (Phi) is 7.59. The largest absolute Gasteiger partial charge is 0.459 e. The average Bonchev–Trinajstić information content (AvgIpc) is 2.72. The van der Waals surface area contributed by atoms with Crippen molar-refractivity contribution in [3.63, 3.8) is 0 Å². The van der Waals surface area contributed by atoms with Gasteiger partial charge in [-0.15, -0.1) is 0 Å². The molecule has 3 aliphatic carbocycles. The third-order valence-electron chi connectivity index (χ3n) is 9.23. The number of rotatable bonds is 3. The Bertz CT molecular complexity index is 881. The van der Waals surface area contributed by atoms with E-state index in [0.717, 1.165) is 12.0 Å². The predicted octanol–water partition coefficient (Wildman–Crippen LogP) is 2.68. The maximum absolute atomic E-state index is 14.1. The number of aliphatic hydroxyl groups is 2. The first kappa shape index (κ1) is 26.6. The second kappa shape index (κ2) is 9.43. The van der Waals surface area contributed by atoms with Gasteiger partial charge < -0.3 is 23.9 Å². The van der Waals surface area contributed by atoms with E-state index < -0.39 is 46.6 Å². The molecule has 0 aromatic heterocycles. The third kappa shape index (κ3) is 3.86. The summed E-state index contributed by atoms with van der Waals surface area (Å²) in [4.78, 5) is 26.5. The molecule has 2 N–H and O–H groups in total. The molecule has 3 fully saturated rings. The van der Waals surface area contributed by atoms with E-state index in [4.69, 9.17) is 15.0 Å². The van der Waals surface area contributed by atoms with E-state index in [1.165, 1.54) is 6.92 Å². The van der Waals surface area contributed by atoms with E-state index in [9.17, 15) is 19.8 Å². The molecule has 7 nitrogen and oxygen atoms in total. The van der Waals surface area contributed by atoms with Crippen LogP contribution >= 0.6 is 12.0 Å². The molecule has 0 aromatic carbocycles. The van der Waals surface area contributed by atoms with Gasteiger partial charge in [-0.1, -0.05) is 27.7 Å². The summed E-state index contributed by atoms with van der Waals surface area (Å²) in [5, 5.41) is 24.1. The standard InChI is InChI=1S/C24H36O7S.Ac/c1-11-8-15-14(10-29-15)18-21(30-13(3)25)24(28)9-16(31-32-7)12(2)17(22(24,4)5)19(26)20(27)23(11,18)6;/h11,14-16,18-19,21,26,28H,8-10H2,1-7H3;/t11-,14+,15+,16-,18-,19+,21-,23+,24+;/m0./s1/i7T;. The topological polar surface area (TPSA) is 102 Å². The van der Waals surface area contributed by atoms with Crippen LogP contribution in [0.1, 0.15) is 55.8 Å². The minimum Gasteiger partial charge on any atom is -0.459 e. The molecule has 0 aromatic rings.